The van der Waals surface area contributed by atoms with Crippen LogP contribution in [0.5, 0.6) is 5.75 Å². The van der Waals surface area contributed by atoms with Crippen molar-refractivity contribution in [1.82, 2.24) is 10.7 Å². The minimum Gasteiger partial charge on any atom is -0.496 e. The van der Waals surface area contributed by atoms with Gasteiger partial charge in [-0.3, -0.25) is 14.9 Å². The van der Waals surface area contributed by atoms with E-state index in [2.05, 4.69) is 15.8 Å². The highest BCUT2D eigenvalue weighted by atomic mass is 16.6. The molecular weight excluding hydrogens is 464 g/mol. The number of para-hydroxylation sites is 1. The van der Waals surface area contributed by atoms with E-state index in [0.29, 0.717) is 35.5 Å². The summed E-state index contributed by atoms with van der Waals surface area (Å²) in [5.74, 6) is -1.30. The van der Waals surface area contributed by atoms with E-state index < -0.39 is 16.8 Å². The average Bonchev–Trinajstić information content (AvgIpc) is 2.87. The maximum atomic E-state index is 13.3. The van der Waals surface area contributed by atoms with Crippen LogP contribution in [-0.4, -0.2) is 29.6 Å². The lowest BCUT2D eigenvalue weighted by molar-refractivity contribution is -0.431. The SMILES string of the molecule is COc1ccccc1C1C(C(=O)OCc2ccc(C3=NNC(=O)CC3)cc2)=C(C)NC(C)=C1[N+](=O)[O-]. The molecule has 36 heavy (non-hydrogen) atoms. The van der Waals surface area contributed by atoms with Crippen molar-refractivity contribution in [2.45, 2.75) is 39.2 Å². The number of hydrogen-bond acceptors (Lipinski definition) is 8. The molecule has 0 fully saturated rings. The summed E-state index contributed by atoms with van der Waals surface area (Å²) < 4.78 is 11.1. The van der Waals surface area contributed by atoms with Crippen LogP contribution in [0.4, 0.5) is 0 Å². The molecular formula is C26H26N4O6. The molecule has 186 valence electrons. The fourth-order valence-corrected chi connectivity index (χ4v) is 4.41. The van der Waals surface area contributed by atoms with Crippen molar-refractivity contribution < 1.29 is 24.0 Å². The van der Waals surface area contributed by atoms with Gasteiger partial charge in [0.05, 0.1) is 29.0 Å². The van der Waals surface area contributed by atoms with E-state index in [4.69, 9.17) is 9.47 Å². The Kier molecular flexibility index (Phi) is 7.14. The Morgan fingerprint density at radius 3 is 2.47 bits per heavy atom. The number of ether oxygens (including phenoxy) is 2. The molecule has 4 rings (SSSR count). The van der Waals surface area contributed by atoms with Gasteiger partial charge in [0.1, 0.15) is 18.3 Å². The fourth-order valence-electron chi connectivity index (χ4n) is 4.41. The van der Waals surface area contributed by atoms with E-state index in [9.17, 15) is 19.7 Å². The van der Waals surface area contributed by atoms with Crippen molar-refractivity contribution in [2.24, 2.45) is 5.10 Å². The van der Waals surface area contributed by atoms with Crippen molar-refractivity contribution in [3.05, 3.63) is 98.0 Å². The molecule has 2 heterocycles. The molecule has 0 saturated carbocycles. The third kappa shape index (κ3) is 4.97. The van der Waals surface area contributed by atoms with Crippen molar-refractivity contribution in [1.29, 1.82) is 0 Å². The van der Waals surface area contributed by atoms with Crippen LogP contribution in [0, 0.1) is 10.1 Å². The molecule has 1 atom stereocenters. The van der Waals surface area contributed by atoms with Crippen molar-refractivity contribution in [3.8, 4) is 5.75 Å². The lowest BCUT2D eigenvalue weighted by atomic mass is 9.83. The van der Waals surface area contributed by atoms with Gasteiger partial charge in [-0.2, -0.15) is 5.10 Å². The minimum absolute atomic E-state index is 0.0196. The first-order chi connectivity index (χ1) is 17.3. The molecule has 0 radical (unpaired) electrons. The van der Waals surface area contributed by atoms with Crippen LogP contribution in [0.2, 0.25) is 0 Å². The molecule has 2 aliphatic rings. The van der Waals surface area contributed by atoms with Crippen LogP contribution >= 0.6 is 0 Å². The predicted octanol–water partition coefficient (Wildman–Crippen LogP) is 3.52. The number of amides is 1. The van der Waals surface area contributed by atoms with Crippen LogP contribution in [0.25, 0.3) is 0 Å². The number of hydrogen-bond donors (Lipinski definition) is 2. The van der Waals surface area contributed by atoms with Gasteiger partial charge in [0.25, 0.3) is 5.70 Å². The first-order valence-electron chi connectivity index (χ1n) is 11.4. The van der Waals surface area contributed by atoms with E-state index in [0.717, 1.165) is 16.8 Å². The lowest BCUT2D eigenvalue weighted by Crippen LogP contribution is -2.31. The third-order valence-corrected chi connectivity index (χ3v) is 6.15. The number of benzene rings is 2. The Bertz CT molecular complexity index is 1310. The number of dihydropyridines is 1. The number of nitrogens with zero attached hydrogens (tertiary/aromatic N) is 2. The lowest BCUT2D eigenvalue weighted by Gasteiger charge is -2.27. The number of nitro groups is 1. The molecule has 2 N–H and O–H groups in total. The number of allylic oxidation sites excluding steroid dienone is 3. The molecule has 1 unspecified atom stereocenters. The zero-order valence-electron chi connectivity index (χ0n) is 20.2. The number of carbonyl (C=O) groups is 2. The van der Waals surface area contributed by atoms with Crippen LogP contribution in [-0.2, 0) is 20.9 Å². The van der Waals surface area contributed by atoms with Crippen molar-refractivity contribution in [2.75, 3.05) is 7.11 Å². The van der Waals surface area contributed by atoms with E-state index in [1.165, 1.54) is 7.11 Å². The largest absolute Gasteiger partial charge is 0.496 e. The Morgan fingerprint density at radius 1 is 1.11 bits per heavy atom. The zero-order chi connectivity index (χ0) is 25.8. The van der Waals surface area contributed by atoms with Gasteiger partial charge in [-0.05, 0) is 31.0 Å². The molecule has 1 amide bonds. The average molecular weight is 491 g/mol. The summed E-state index contributed by atoms with van der Waals surface area (Å²) in [5, 5.41) is 19.1. The van der Waals surface area contributed by atoms with Crippen molar-refractivity contribution >= 4 is 17.6 Å². The Balaban J connectivity index is 1.57. The number of rotatable bonds is 7. The number of methoxy groups -OCH3 is 1. The van der Waals surface area contributed by atoms with Gasteiger partial charge in [-0.25, -0.2) is 10.2 Å². The summed E-state index contributed by atoms with van der Waals surface area (Å²) in [6.07, 6.45) is 0.935. The maximum Gasteiger partial charge on any atom is 0.337 e. The third-order valence-electron chi connectivity index (χ3n) is 6.15. The van der Waals surface area contributed by atoms with Gasteiger partial charge in [-0.1, -0.05) is 42.5 Å². The highest BCUT2D eigenvalue weighted by Gasteiger charge is 2.42. The number of carbonyl (C=O) groups excluding carboxylic acids is 2. The topological polar surface area (TPSA) is 132 Å². The normalized spacial score (nSPS) is 17.7. The first-order valence-corrected chi connectivity index (χ1v) is 11.4. The minimum atomic E-state index is -0.966. The Labute approximate surface area is 207 Å². The molecule has 0 spiro atoms. The van der Waals surface area contributed by atoms with Gasteiger partial charge in [0, 0.05) is 24.1 Å². The number of esters is 1. The molecule has 0 aromatic heterocycles. The second-order valence-corrected chi connectivity index (χ2v) is 8.47. The summed E-state index contributed by atoms with van der Waals surface area (Å²) >= 11 is 0. The Hall–Kier alpha value is -4.47. The molecule has 10 heteroatoms. The van der Waals surface area contributed by atoms with E-state index in [-0.39, 0.29) is 23.8 Å². The Morgan fingerprint density at radius 2 is 1.83 bits per heavy atom. The van der Waals surface area contributed by atoms with Crippen LogP contribution in [0.3, 0.4) is 0 Å². The van der Waals surface area contributed by atoms with Gasteiger partial charge in [0.2, 0.25) is 5.91 Å². The molecule has 0 aliphatic carbocycles. The van der Waals surface area contributed by atoms with Crippen LogP contribution < -0.4 is 15.5 Å². The van der Waals surface area contributed by atoms with Gasteiger partial charge < -0.3 is 14.8 Å². The molecule has 0 bridgehead atoms. The molecule has 2 aromatic rings. The van der Waals surface area contributed by atoms with Gasteiger partial charge in [-0.15, -0.1) is 0 Å². The quantitative estimate of drug-likeness (QED) is 0.345. The summed E-state index contributed by atoms with van der Waals surface area (Å²) in [5.41, 5.74) is 6.21. The standard InChI is InChI=1S/C26H26N4O6/c1-15-23(24(25(30(33)34)16(2)27-15)19-6-4-5-7-21(19)35-3)26(32)36-14-17-8-10-18(11-9-17)20-12-13-22(31)29-28-20/h4-11,24,27H,12-14H2,1-3H3,(H,29,31). The monoisotopic (exact) mass is 490 g/mol. The summed E-state index contributed by atoms with van der Waals surface area (Å²) in [4.78, 5) is 36.2. The summed E-state index contributed by atoms with van der Waals surface area (Å²) in [6.45, 7) is 3.28. The van der Waals surface area contributed by atoms with E-state index in [1.807, 2.05) is 24.3 Å². The molecule has 2 aliphatic heterocycles. The van der Waals surface area contributed by atoms with E-state index >= 15 is 0 Å². The number of nitrogens with one attached hydrogen (secondary N) is 2. The first kappa shape index (κ1) is 24.6. The smallest absolute Gasteiger partial charge is 0.337 e. The highest BCUT2D eigenvalue weighted by Crippen LogP contribution is 2.42. The van der Waals surface area contributed by atoms with Gasteiger partial charge in [0.15, 0.2) is 0 Å². The predicted molar refractivity (Wildman–Crippen MR) is 131 cm³/mol. The second-order valence-electron chi connectivity index (χ2n) is 8.47. The summed E-state index contributed by atoms with van der Waals surface area (Å²) in [6, 6.07) is 14.2. The fraction of sp³-hybridized carbons (Fsp3) is 0.269. The summed E-state index contributed by atoms with van der Waals surface area (Å²) in [7, 11) is 1.48. The molecule has 2 aromatic carbocycles. The second kappa shape index (κ2) is 10.4. The molecule has 0 saturated heterocycles. The van der Waals surface area contributed by atoms with Crippen LogP contribution in [0.1, 0.15) is 49.3 Å². The van der Waals surface area contributed by atoms with Crippen molar-refractivity contribution in [3.63, 3.8) is 0 Å². The zero-order valence-corrected chi connectivity index (χ0v) is 20.2. The highest BCUT2D eigenvalue weighted by molar-refractivity contribution is 6.04. The number of hydrazone groups is 1. The van der Waals surface area contributed by atoms with Gasteiger partial charge >= 0.3 is 5.97 Å². The molecule has 10 nitrogen and oxygen atoms in total. The maximum absolute atomic E-state index is 13.3. The van der Waals surface area contributed by atoms with Crippen LogP contribution in [0.15, 0.2) is 76.3 Å². The van der Waals surface area contributed by atoms with E-state index in [1.54, 1.807) is 38.1 Å².